The normalized spacial score (nSPS) is 20.8. The molecule has 1 saturated carbocycles. The van der Waals surface area contributed by atoms with Crippen LogP contribution >= 0.6 is 0 Å². The van der Waals surface area contributed by atoms with Crippen molar-refractivity contribution >= 4 is 17.4 Å². The summed E-state index contributed by atoms with van der Waals surface area (Å²) in [6, 6.07) is 4.28. The molecule has 1 fully saturated rings. The summed E-state index contributed by atoms with van der Waals surface area (Å²) in [6.07, 6.45) is 6.70. The van der Waals surface area contributed by atoms with Crippen molar-refractivity contribution in [3.8, 4) is 0 Å². The zero-order valence-electron chi connectivity index (χ0n) is 9.15. The van der Waals surface area contributed by atoms with Gasteiger partial charge in [0.05, 0.1) is 12.2 Å². The standard InChI is InChI=1S/C12H15N3O/c16-11-8-15(9-4-1-2-5-9)12-10(14-11)6-3-7-13-12/h3,6-7,9H,1-2,4-5,8H2,(H,14,16). The monoisotopic (exact) mass is 217 g/mol. The Labute approximate surface area is 94.7 Å². The third-order valence-corrected chi connectivity index (χ3v) is 3.41. The molecule has 1 aromatic rings. The predicted octanol–water partition coefficient (Wildman–Crippen LogP) is 1.78. The highest BCUT2D eigenvalue weighted by Crippen LogP contribution is 2.33. The minimum absolute atomic E-state index is 0.0763. The molecule has 0 bridgehead atoms. The molecular weight excluding hydrogens is 202 g/mol. The number of nitrogens with one attached hydrogen (secondary N) is 1. The summed E-state index contributed by atoms with van der Waals surface area (Å²) < 4.78 is 0. The van der Waals surface area contributed by atoms with E-state index in [2.05, 4.69) is 15.2 Å². The van der Waals surface area contributed by atoms with Gasteiger partial charge in [-0.2, -0.15) is 0 Å². The van der Waals surface area contributed by atoms with E-state index in [9.17, 15) is 4.79 Å². The summed E-state index contributed by atoms with van der Waals surface area (Å²) in [4.78, 5) is 18.2. The molecule has 0 saturated heterocycles. The van der Waals surface area contributed by atoms with Crippen LogP contribution in [-0.4, -0.2) is 23.5 Å². The van der Waals surface area contributed by atoms with Crippen LogP contribution in [0.25, 0.3) is 0 Å². The molecule has 1 amide bonds. The zero-order valence-corrected chi connectivity index (χ0v) is 9.15. The van der Waals surface area contributed by atoms with Crippen LogP contribution in [-0.2, 0) is 4.79 Å². The summed E-state index contributed by atoms with van der Waals surface area (Å²) in [7, 11) is 0. The van der Waals surface area contributed by atoms with Crippen LogP contribution in [0.4, 0.5) is 11.5 Å². The number of aromatic nitrogens is 1. The van der Waals surface area contributed by atoms with E-state index < -0.39 is 0 Å². The fourth-order valence-electron chi connectivity index (χ4n) is 2.66. The average molecular weight is 217 g/mol. The number of fused-ring (bicyclic) bond motifs is 1. The first kappa shape index (κ1) is 9.63. The Morgan fingerprint density at radius 3 is 3.00 bits per heavy atom. The van der Waals surface area contributed by atoms with Crippen molar-refractivity contribution in [3.63, 3.8) is 0 Å². The molecule has 0 atom stereocenters. The van der Waals surface area contributed by atoms with Crippen LogP contribution in [0.15, 0.2) is 18.3 Å². The smallest absolute Gasteiger partial charge is 0.244 e. The van der Waals surface area contributed by atoms with Crippen LogP contribution in [0.5, 0.6) is 0 Å². The molecular formula is C12H15N3O. The molecule has 1 aromatic heterocycles. The van der Waals surface area contributed by atoms with Gasteiger partial charge in [-0.15, -0.1) is 0 Å². The maximum Gasteiger partial charge on any atom is 0.244 e. The van der Waals surface area contributed by atoms with Crippen molar-refractivity contribution in [2.75, 3.05) is 16.8 Å². The highest BCUT2D eigenvalue weighted by Gasteiger charge is 2.30. The molecule has 2 heterocycles. The lowest BCUT2D eigenvalue weighted by atomic mass is 10.1. The van der Waals surface area contributed by atoms with Crippen LogP contribution in [0.3, 0.4) is 0 Å². The summed E-state index contributed by atoms with van der Waals surface area (Å²) in [5.74, 6) is 1.02. The second kappa shape index (κ2) is 3.77. The maximum atomic E-state index is 11.6. The summed E-state index contributed by atoms with van der Waals surface area (Å²) in [6.45, 7) is 0.453. The summed E-state index contributed by atoms with van der Waals surface area (Å²) >= 11 is 0. The second-order valence-corrected chi connectivity index (χ2v) is 4.49. The number of carbonyl (C=O) groups excluding carboxylic acids is 1. The quantitative estimate of drug-likeness (QED) is 0.780. The van der Waals surface area contributed by atoms with Gasteiger partial charge in [-0.25, -0.2) is 4.98 Å². The molecule has 1 aliphatic heterocycles. The first-order valence-corrected chi connectivity index (χ1v) is 5.86. The molecule has 0 spiro atoms. The minimum Gasteiger partial charge on any atom is -0.343 e. The Bertz CT molecular complexity index is 412. The molecule has 84 valence electrons. The number of amides is 1. The topological polar surface area (TPSA) is 45.2 Å². The minimum atomic E-state index is 0.0763. The van der Waals surface area contributed by atoms with Crippen molar-refractivity contribution in [2.45, 2.75) is 31.7 Å². The van der Waals surface area contributed by atoms with Crippen LogP contribution in [0, 0.1) is 0 Å². The average Bonchev–Trinajstić information content (AvgIpc) is 2.81. The first-order valence-electron chi connectivity index (χ1n) is 5.86. The number of nitrogens with zero attached hydrogens (tertiary/aromatic N) is 2. The number of pyridine rings is 1. The van der Waals surface area contributed by atoms with E-state index in [1.807, 2.05) is 12.1 Å². The van der Waals surface area contributed by atoms with E-state index >= 15 is 0 Å². The lowest BCUT2D eigenvalue weighted by Crippen LogP contribution is -2.44. The second-order valence-electron chi connectivity index (χ2n) is 4.49. The fourth-order valence-corrected chi connectivity index (χ4v) is 2.66. The lowest BCUT2D eigenvalue weighted by molar-refractivity contribution is -0.115. The highest BCUT2D eigenvalue weighted by molar-refractivity contribution is 6.00. The molecule has 2 aliphatic rings. The van der Waals surface area contributed by atoms with Gasteiger partial charge in [-0.3, -0.25) is 4.79 Å². The highest BCUT2D eigenvalue weighted by atomic mass is 16.2. The van der Waals surface area contributed by atoms with Gasteiger partial charge >= 0.3 is 0 Å². The Balaban J connectivity index is 1.96. The predicted molar refractivity (Wildman–Crippen MR) is 62.5 cm³/mol. The molecule has 3 rings (SSSR count). The molecule has 0 aromatic carbocycles. The van der Waals surface area contributed by atoms with Gasteiger partial charge < -0.3 is 10.2 Å². The first-order chi connectivity index (χ1) is 7.84. The van der Waals surface area contributed by atoms with Crippen LogP contribution < -0.4 is 10.2 Å². The Morgan fingerprint density at radius 2 is 2.19 bits per heavy atom. The van der Waals surface area contributed by atoms with Crippen molar-refractivity contribution in [2.24, 2.45) is 0 Å². The summed E-state index contributed by atoms with van der Waals surface area (Å²) in [5, 5.41) is 2.87. The Morgan fingerprint density at radius 1 is 1.38 bits per heavy atom. The van der Waals surface area contributed by atoms with E-state index in [4.69, 9.17) is 0 Å². The van der Waals surface area contributed by atoms with Gasteiger partial charge in [0.25, 0.3) is 0 Å². The van der Waals surface area contributed by atoms with Gasteiger partial charge in [0.2, 0.25) is 5.91 Å². The third kappa shape index (κ3) is 1.54. The van der Waals surface area contributed by atoms with Crippen molar-refractivity contribution in [3.05, 3.63) is 18.3 Å². The van der Waals surface area contributed by atoms with E-state index in [0.29, 0.717) is 12.6 Å². The molecule has 4 heteroatoms. The number of carbonyl (C=O) groups is 1. The van der Waals surface area contributed by atoms with Gasteiger partial charge in [0, 0.05) is 12.2 Å². The Hall–Kier alpha value is -1.58. The van der Waals surface area contributed by atoms with E-state index in [1.165, 1.54) is 25.7 Å². The molecule has 0 radical (unpaired) electrons. The van der Waals surface area contributed by atoms with E-state index in [1.54, 1.807) is 6.20 Å². The molecule has 16 heavy (non-hydrogen) atoms. The number of anilines is 2. The van der Waals surface area contributed by atoms with Crippen LogP contribution in [0.2, 0.25) is 0 Å². The number of rotatable bonds is 1. The third-order valence-electron chi connectivity index (χ3n) is 3.41. The number of hydrogen-bond donors (Lipinski definition) is 1. The van der Waals surface area contributed by atoms with Crippen molar-refractivity contribution in [1.29, 1.82) is 0 Å². The van der Waals surface area contributed by atoms with Crippen molar-refractivity contribution < 1.29 is 4.79 Å². The van der Waals surface area contributed by atoms with Gasteiger partial charge in [0.15, 0.2) is 5.82 Å². The lowest BCUT2D eigenvalue weighted by Gasteiger charge is -2.34. The van der Waals surface area contributed by atoms with E-state index in [-0.39, 0.29) is 5.91 Å². The summed E-state index contributed by atoms with van der Waals surface area (Å²) in [5.41, 5.74) is 0.852. The van der Waals surface area contributed by atoms with Gasteiger partial charge in [-0.1, -0.05) is 12.8 Å². The SMILES string of the molecule is O=C1CN(C2CCCC2)c2ncccc2N1. The van der Waals surface area contributed by atoms with Crippen LogP contribution in [0.1, 0.15) is 25.7 Å². The van der Waals surface area contributed by atoms with Crippen molar-refractivity contribution in [1.82, 2.24) is 4.98 Å². The maximum absolute atomic E-state index is 11.6. The largest absolute Gasteiger partial charge is 0.343 e. The van der Waals surface area contributed by atoms with Gasteiger partial charge in [-0.05, 0) is 25.0 Å². The van der Waals surface area contributed by atoms with E-state index in [0.717, 1.165) is 11.5 Å². The molecule has 4 nitrogen and oxygen atoms in total. The molecule has 1 aliphatic carbocycles. The number of hydrogen-bond acceptors (Lipinski definition) is 3. The molecule has 0 unspecified atom stereocenters. The Kier molecular flexibility index (Phi) is 2.27. The fraction of sp³-hybridized carbons (Fsp3) is 0.500. The zero-order chi connectivity index (χ0) is 11.0. The molecule has 1 N–H and O–H groups in total. The van der Waals surface area contributed by atoms with Gasteiger partial charge in [0.1, 0.15) is 0 Å².